The van der Waals surface area contributed by atoms with E-state index < -0.39 is 16.1 Å². The van der Waals surface area contributed by atoms with Crippen LogP contribution in [0.4, 0.5) is 0 Å². The maximum Gasteiger partial charge on any atom is 0.156 e. The van der Waals surface area contributed by atoms with Crippen molar-refractivity contribution in [2.24, 2.45) is 11.8 Å². The minimum atomic E-state index is -1.99. The zero-order chi connectivity index (χ0) is 20.9. The topological polar surface area (TPSA) is 40.5 Å². The first-order valence-corrected chi connectivity index (χ1v) is 16.0. The Kier molecular flexibility index (Phi) is 6.28. The van der Waals surface area contributed by atoms with E-state index in [1.165, 1.54) is 0 Å². The molecule has 0 fully saturated rings. The molecule has 0 aliphatic carbocycles. The van der Waals surface area contributed by atoms with Crippen molar-refractivity contribution >= 4 is 26.5 Å². The Morgan fingerprint density at radius 2 is 0.885 bits per heavy atom. The minimum Gasteiger partial charge on any atom is -0.504 e. The Morgan fingerprint density at radius 1 is 0.654 bits per heavy atom. The first-order chi connectivity index (χ1) is 11.4. The average Bonchev–Trinajstić information content (AvgIpc) is 2.48. The monoisotopic (exact) mass is 394 g/mol. The average molecular weight is 395 g/mol. The summed E-state index contributed by atoms with van der Waals surface area (Å²) >= 11 is 0. The van der Waals surface area contributed by atoms with Crippen LogP contribution in [-0.2, 0) is 0 Å². The van der Waals surface area contributed by atoms with Crippen LogP contribution in [0.5, 0.6) is 11.5 Å². The van der Waals surface area contributed by atoms with E-state index in [0.717, 1.165) is 10.4 Å². The molecule has 2 nitrogen and oxygen atoms in total. The predicted octanol–water partition coefficient (Wildman–Crippen LogP) is 5.80. The summed E-state index contributed by atoms with van der Waals surface area (Å²) in [5.41, 5.74) is 0. The molecule has 1 aromatic rings. The predicted molar refractivity (Wildman–Crippen MR) is 122 cm³/mol. The zero-order valence-electron chi connectivity index (χ0n) is 19.2. The first-order valence-electron chi connectivity index (χ1n) is 9.99. The molecule has 0 heterocycles. The summed E-state index contributed by atoms with van der Waals surface area (Å²) in [4.78, 5) is 0. The van der Waals surface area contributed by atoms with Crippen molar-refractivity contribution in [3.8, 4) is 11.5 Å². The van der Waals surface area contributed by atoms with E-state index in [1.807, 2.05) is 0 Å². The number of hydrogen-bond acceptors (Lipinski definition) is 2. The Hall–Kier alpha value is -0.746. The summed E-state index contributed by atoms with van der Waals surface area (Å²) in [7, 11) is -3.98. The summed E-state index contributed by atoms with van der Waals surface area (Å²) < 4.78 is 0. The molecule has 0 atom stereocenters. The van der Waals surface area contributed by atoms with Gasteiger partial charge in [-0.3, -0.25) is 0 Å². The third kappa shape index (κ3) is 3.39. The first kappa shape index (κ1) is 23.3. The molecule has 1 aromatic carbocycles. The van der Waals surface area contributed by atoms with Crippen LogP contribution in [-0.4, -0.2) is 26.4 Å². The van der Waals surface area contributed by atoms with Crippen molar-refractivity contribution < 1.29 is 10.2 Å². The van der Waals surface area contributed by atoms with Gasteiger partial charge in [0, 0.05) is 0 Å². The van der Waals surface area contributed by atoms with Crippen LogP contribution in [0.25, 0.3) is 0 Å². The van der Waals surface area contributed by atoms with Gasteiger partial charge in [0.2, 0.25) is 0 Å². The van der Waals surface area contributed by atoms with Crippen molar-refractivity contribution in [3.63, 3.8) is 0 Å². The van der Waals surface area contributed by atoms with E-state index in [2.05, 4.69) is 93.7 Å². The second-order valence-electron chi connectivity index (χ2n) is 10.9. The quantitative estimate of drug-likeness (QED) is 0.473. The Bertz CT molecular complexity index is 599. The molecule has 0 spiro atoms. The molecule has 0 unspecified atom stereocenters. The summed E-state index contributed by atoms with van der Waals surface area (Å²) in [6.45, 7) is 27.4. The molecular weight excluding hydrogens is 352 g/mol. The molecular formula is C22H42O2Si2. The van der Waals surface area contributed by atoms with Gasteiger partial charge in [-0.05, 0) is 32.3 Å². The molecule has 0 amide bonds. The molecule has 150 valence electrons. The minimum absolute atomic E-state index is 0.114. The van der Waals surface area contributed by atoms with Crippen LogP contribution in [0.2, 0.25) is 36.3 Å². The normalized spacial score (nSPS) is 14.4. The lowest BCUT2D eigenvalue weighted by atomic mass is 9.99. The summed E-state index contributed by atoms with van der Waals surface area (Å²) in [6, 6.07) is 4.23. The molecule has 0 aliphatic rings. The zero-order valence-corrected chi connectivity index (χ0v) is 21.2. The number of aromatic hydroxyl groups is 2. The molecule has 0 saturated carbocycles. The van der Waals surface area contributed by atoms with Gasteiger partial charge in [-0.15, -0.1) is 0 Å². The van der Waals surface area contributed by atoms with Gasteiger partial charge in [-0.1, -0.05) is 93.7 Å². The smallest absolute Gasteiger partial charge is 0.156 e. The third-order valence-corrected chi connectivity index (χ3v) is 19.7. The van der Waals surface area contributed by atoms with Gasteiger partial charge in [0.05, 0.1) is 16.1 Å². The summed E-state index contributed by atoms with van der Waals surface area (Å²) in [5.74, 6) is 1.29. The van der Waals surface area contributed by atoms with Crippen LogP contribution in [0.15, 0.2) is 12.1 Å². The van der Waals surface area contributed by atoms with Crippen LogP contribution in [0.1, 0.15) is 55.4 Å². The molecule has 2 N–H and O–H groups in total. The largest absolute Gasteiger partial charge is 0.504 e. The van der Waals surface area contributed by atoms with Crippen LogP contribution in [0, 0.1) is 11.8 Å². The lowest BCUT2D eigenvalue weighted by molar-refractivity contribution is 0.406. The van der Waals surface area contributed by atoms with E-state index in [0.29, 0.717) is 11.8 Å². The van der Waals surface area contributed by atoms with Gasteiger partial charge in [0.25, 0.3) is 0 Å². The molecule has 0 radical (unpaired) electrons. The molecule has 0 aliphatic heterocycles. The van der Waals surface area contributed by atoms with E-state index in [9.17, 15) is 10.2 Å². The highest BCUT2D eigenvalue weighted by atomic mass is 28.3. The fourth-order valence-corrected chi connectivity index (χ4v) is 10.4. The lowest BCUT2D eigenvalue weighted by Crippen LogP contribution is -2.55. The highest BCUT2D eigenvalue weighted by Gasteiger charge is 2.47. The second kappa shape index (κ2) is 7.01. The van der Waals surface area contributed by atoms with Crippen LogP contribution in [0.3, 0.4) is 0 Å². The lowest BCUT2D eigenvalue weighted by Gasteiger charge is -2.46. The van der Waals surface area contributed by atoms with Crippen molar-refractivity contribution in [1.82, 2.24) is 0 Å². The highest BCUT2D eigenvalue weighted by molar-refractivity contribution is 6.94. The molecule has 0 saturated heterocycles. The second-order valence-corrected chi connectivity index (χ2v) is 21.0. The fourth-order valence-electron chi connectivity index (χ4n) is 3.73. The Morgan fingerprint density at radius 3 is 1.08 bits per heavy atom. The molecule has 0 aromatic heterocycles. The molecule has 0 bridgehead atoms. The maximum atomic E-state index is 11.0. The fraction of sp³-hybridized carbons (Fsp3) is 0.727. The van der Waals surface area contributed by atoms with Gasteiger partial charge in [0.15, 0.2) is 11.5 Å². The van der Waals surface area contributed by atoms with Gasteiger partial charge < -0.3 is 10.2 Å². The SMILES string of the molecule is CC(C)C(C)(C)[Si](C)(C)c1ccc([Si](C)(C)C(C)(C)C(C)C)c(O)c1O. The van der Waals surface area contributed by atoms with Gasteiger partial charge >= 0.3 is 0 Å². The van der Waals surface area contributed by atoms with Crippen molar-refractivity contribution in [1.29, 1.82) is 0 Å². The van der Waals surface area contributed by atoms with Crippen LogP contribution < -0.4 is 10.4 Å². The molecule has 1 rings (SSSR count). The Balaban J connectivity index is 3.61. The molecule has 4 heteroatoms. The third-order valence-electron chi connectivity index (χ3n) is 8.61. The van der Waals surface area contributed by atoms with E-state index >= 15 is 0 Å². The van der Waals surface area contributed by atoms with Crippen molar-refractivity contribution in [2.75, 3.05) is 0 Å². The Labute approximate surface area is 164 Å². The maximum absolute atomic E-state index is 11.0. The standard InChI is InChI=1S/C22H42O2Si2/c1-15(2)21(5,6)25(9,10)17-13-14-18(20(24)19(17)23)26(11,12)22(7,8)16(3)4/h13-16,23-24H,1-12H3. The number of hydrogen-bond donors (Lipinski definition) is 2. The number of phenols is 2. The number of rotatable bonds is 6. The summed E-state index contributed by atoms with van der Waals surface area (Å²) in [6.07, 6.45) is 0. The van der Waals surface area contributed by atoms with E-state index in [4.69, 9.17) is 0 Å². The van der Waals surface area contributed by atoms with Crippen molar-refractivity contribution in [3.05, 3.63) is 12.1 Å². The number of benzene rings is 1. The highest BCUT2D eigenvalue weighted by Crippen LogP contribution is 2.47. The van der Waals surface area contributed by atoms with Gasteiger partial charge in [-0.25, -0.2) is 0 Å². The summed E-state index contributed by atoms with van der Waals surface area (Å²) in [5, 5.41) is 24.2. The van der Waals surface area contributed by atoms with E-state index in [1.54, 1.807) is 0 Å². The van der Waals surface area contributed by atoms with Crippen LogP contribution >= 0.6 is 0 Å². The van der Waals surface area contributed by atoms with Gasteiger partial charge in [-0.2, -0.15) is 0 Å². The van der Waals surface area contributed by atoms with Crippen molar-refractivity contribution in [2.45, 2.75) is 91.7 Å². The van der Waals surface area contributed by atoms with E-state index in [-0.39, 0.29) is 21.6 Å². The van der Waals surface area contributed by atoms with Gasteiger partial charge in [0.1, 0.15) is 0 Å². The number of phenolic OH excluding ortho intramolecular Hbond substituents is 2. The molecule has 26 heavy (non-hydrogen) atoms.